The quantitative estimate of drug-likeness (QED) is 0.397. The number of amides is 1. The first-order chi connectivity index (χ1) is 16.1. The van der Waals surface area contributed by atoms with Crippen molar-refractivity contribution in [1.29, 1.82) is 0 Å². The van der Waals surface area contributed by atoms with E-state index in [1.54, 1.807) is 39.0 Å². The molecule has 0 bridgehead atoms. The number of rotatable bonds is 6. The predicted molar refractivity (Wildman–Crippen MR) is 120 cm³/mol. The molecule has 0 saturated carbocycles. The molecule has 2 N–H and O–H groups in total. The molecule has 0 fully saturated rings. The first-order valence-corrected chi connectivity index (χ1v) is 10.8. The number of halogens is 5. The number of anilines is 1. The lowest BCUT2D eigenvalue weighted by molar-refractivity contribution is -0.137. The fourth-order valence-corrected chi connectivity index (χ4v) is 3.99. The van der Waals surface area contributed by atoms with Crippen LogP contribution in [-0.2, 0) is 16.5 Å². The van der Waals surface area contributed by atoms with Gasteiger partial charge in [0.05, 0.1) is 29.1 Å². The monoisotopic (exact) mass is 499 g/mol. The van der Waals surface area contributed by atoms with E-state index in [2.05, 4.69) is 10.4 Å². The molecule has 3 aromatic rings. The minimum atomic E-state index is -4.62. The third kappa shape index (κ3) is 5.55. The number of ether oxygens (including phenoxy) is 1. The van der Waals surface area contributed by atoms with Crippen LogP contribution < -0.4 is 5.32 Å². The number of aromatic nitrogens is 2. The van der Waals surface area contributed by atoms with Gasteiger partial charge in [-0.3, -0.25) is 10.00 Å². The summed E-state index contributed by atoms with van der Waals surface area (Å²) in [5.41, 5.74) is -3.02. The highest BCUT2D eigenvalue weighted by Crippen LogP contribution is 2.40. The predicted octanol–water partition coefficient (Wildman–Crippen LogP) is 6.18. The average Bonchev–Trinajstić information content (AvgIpc) is 3.15. The molecule has 2 unspecified atom stereocenters. The van der Waals surface area contributed by atoms with E-state index in [1.165, 1.54) is 17.8 Å². The number of aliphatic hydroxyl groups is 1. The van der Waals surface area contributed by atoms with Crippen molar-refractivity contribution in [3.05, 3.63) is 59.8 Å². The highest BCUT2D eigenvalue weighted by molar-refractivity contribution is 5.99. The first-order valence-electron chi connectivity index (χ1n) is 10.8. The number of alkyl halides is 5. The van der Waals surface area contributed by atoms with Crippen LogP contribution in [0.2, 0.25) is 0 Å². The maximum absolute atomic E-state index is 13.8. The van der Waals surface area contributed by atoms with Crippen molar-refractivity contribution in [2.75, 3.05) is 5.32 Å². The number of benzene rings is 2. The van der Waals surface area contributed by atoms with Crippen molar-refractivity contribution in [3.63, 3.8) is 0 Å². The van der Waals surface area contributed by atoms with Crippen LogP contribution in [0.4, 0.5) is 32.4 Å². The smallest absolute Gasteiger partial charge is 0.416 e. The molecule has 35 heavy (non-hydrogen) atoms. The summed E-state index contributed by atoms with van der Waals surface area (Å²) in [7, 11) is 0. The highest BCUT2D eigenvalue weighted by atomic mass is 19.4. The van der Waals surface area contributed by atoms with Gasteiger partial charge in [0.1, 0.15) is 11.1 Å². The lowest BCUT2D eigenvalue weighted by Gasteiger charge is -2.38. The Labute approximate surface area is 198 Å². The first kappa shape index (κ1) is 26.4. The van der Waals surface area contributed by atoms with Gasteiger partial charge in [-0.2, -0.15) is 18.3 Å². The van der Waals surface area contributed by atoms with Crippen molar-refractivity contribution in [2.45, 2.75) is 64.0 Å². The van der Waals surface area contributed by atoms with E-state index in [0.29, 0.717) is 5.39 Å². The van der Waals surface area contributed by atoms with E-state index >= 15 is 0 Å². The Morgan fingerprint density at radius 2 is 1.69 bits per heavy atom. The van der Waals surface area contributed by atoms with Gasteiger partial charge in [-0.05, 0) is 57.5 Å². The van der Waals surface area contributed by atoms with Crippen LogP contribution in [0.15, 0.2) is 48.7 Å². The molecular weight excluding hydrogens is 473 g/mol. The minimum Gasteiger partial charge on any atom is -0.444 e. The van der Waals surface area contributed by atoms with Crippen molar-refractivity contribution < 1.29 is 36.6 Å². The molecule has 2 atom stereocenters. The van der Waals surface area contributed by atoms with Gasteiger partial charge in [-0.25, -0.2) is 13.6 Å². The Kier molecular flexibility index (Phi) is 7.12. The second kappa shape index (κ2) is 9.44. The van der Waals surface area contributed by atoms with Crippen molar-refractivity contribution in [1.82, 2.24) is 9.78 Å². The average molecular weight is 499 g/mol. The van der Waals surface area contributed by atoms with Crippen molar-refractivity contribution in [2.24, 2.45) is 0 Å². The molecule has 0 aliphatic rings. The second-order valence-corrected chi connectivity index (χ2v) is 9.19. The van der Waals surface area contributed by atoms with Gasteiger partial charge >= 0.3 is 12.3 Å². The van der Waals surface area contributed by atoms with Crippen LogP contribution in [0.1, 0.15) is 45.2 Å². The van der Waals surface area contributed by atoms with E-state index in [1.807, 2.05) is 0 Å². The van der Waals surface area contributed by atoms with Crippen molar-refractivity contribution in [3.8, 4) is 0 Å². The van der Waals surface area contributed by atoms with Gasteiger partial charge in [0, 0.05) is 11.8 Å². The highest BCUT2D eigenvalue weighted by Gasteiger charge is 2.44. The summed E-state index contributed by atoms with van der Waals surface area (Å²) in [4.78, 5) is 12.3. The van der Waals surface area contributed by atoms with Crippen LogP contribution in [0, 0.1) is 0 Å². The zero-order valence-electron chi connectivity index (χ0n) is 19.5. The molecule has 0 spiro atoms. The van der Waals surface area contributed by atoms with Gasteiger partial charge in [-0.1, -0.05) is 18.2 Å². The number of hydrogen-bond acceptors (Lipinski definition) is 4. The molecule has 11 heteroatoms. The Morgan fingerprint density at radius 1 is 1.09 bits per heavy atom. The summed E-state index contributed by atoms with van der Waals surface area (Å²) in [5.74, 6) is 0. The van der Waals surface area contributed by atoms with Gasteiger partial charge in [0.2, 0.25) is 6.43 Å². The zero-order chi connectivity index (χ0) is 26.2. The molecule has 6 nitrogen and oxygen atoms in total. The molecule has 2 aromatic carbocycles. The molecule has 3 rings (SSSR count). The summed E-state index contributed by atoms with van der Waals surface area (Å²) < 4.78 is 73.4. The largest absolute Gasteiger partial charge is 0.444 e. The summed E-state index contributed by atoms with van der Waals surface area (Å²) in [6, 6.07) is 8.35. The molecule has 1 aromatic heterocycles. The molecule has 0 radical (unpaired) electrons. The van der Waals surface area contributed by atoms with Crippen LogP contribution in [0.3, 0.4) is 0 Å². The van der Waals surface area contributed by atoms with E-state index in [0.717, 1.165) is 24.3 Å². The Bertz CT molecular complexity index is 1180. The number of aliphatic hydroxyl groups excluding tert-OH is 1. The Hall–Kier alpha value is -3.21. The lowest BCUT2D eigenvalue weighted by Crippen LogP contribution is -2.47. The Morgan fingerprint density at radius 3 is 2.20 bits per heavy atom. The van der Waals surface area contributed by atoms with Crippen molar-refractivity contribution >= 4 is 22.7 Å². The van der Waals surface area contributed by atoms with E-state index in [4.69, 9.17) is 4.74 Å². The fraction of sp³-hybridized carbons (Fsp3) is 0.417. The van der Waals surface area contributed by atoms with Gasteiger partial charge < -0.3 is 9.84 Å². The normalized spacial score (nSPS) is 15.2. The van der Waals surface area contributed by atoms with E-state index in [9.17, 15) is 31.9 Å². The van der Waals surface area contributed by atoms with Crippen LogP contribution >= 0.6 is 0 Å². The SMILES string of the molecule is CC(O)C(CC(F)F)(c1ccc(C(F)(F)F)cc1)n1ncc2c(NC(=O)OC(C)(C)C)cccc21. The van der Waals surface area contributed by atoms with Gasteiger partial charge in [0.15, 0.2) is 0 Å². The number of nitrogens with zero attached hydrogens (tertiary/aromatic N) is 2. The molecule has 1 amide bonds. The maximum Gasteiger partial charge on any atom is 0.416 e. The lowest BCUT2D eigenvalue weighted by atomic mass is 9.81. The second-order valence-electron chi connectivity index (χ2n) is 9.19. The third-order valence-electron chi connectivity index (χ3n) is 5.50. The zero-order valence-corrected chi connectivity index (χ0v) is 19.5. The number of hydrogen-bond donors (Lipinski definition) is 2. The van der Waals surface area contributed by atoms with Gasteiger partial charge in [-0.15, -0.1) is 0 Å². The molecule has 0 aliphatic carbocycles. The van der Waals surface area contributed by atoms with Crippen LogP contribution in [0.25, 0.3) is 10.9 Å². The number of fused-ring (bicyclic) bond motifs is 1. The standard InChI is InChI=1S/C24H26F5N3O3/c1-14(33)23(12-20(25)26,15-8-10-16(11-9-15)24(27,28)29)32-19-7-5-6-18(17(19)13-30-32)31-21(34)35-22(2,3)4/h5-11,13-14,20,33H,12H2,1-4H3,(H,31,34). The molecule has 190 valence electrons. The minimum absolute atomic E-state index is 0.0244. The number of carbonyl (C=O) groups excluding carboxylic acids is 1. The van der Waals surface area contributed by atoms with E-state index < -0.39 is 47.9 Å². The summed E-state index contributed by atoms with van der Waals surface area (Å²) in [6.45, 7) is 6.35. The third-order valence-corrected chi connectivity index (χ3v) is 5.50. The summed E-state index contributed by atoms with van der Waals surface area (Å²) in [6.07, 6.45) is -9.34. The van der Waals surface area contributed by atoms with Crippen LogP contribution in [-0.4, -0.2) is 39.1 Å². The summed E-state index contributed by atoms with van der Waals surface area (Å²) in [5, 5.41) is 18.0. The van der Waals surface area contributed by atoms with E-state index in [-0.39, 0.29) is 16.8 Å². The fourth-order valence-electron chi connectivity index (χ4n) is 3.99. The number of carbonyl (C=O) groups is 1. The topological polar surface area (TPSA) is 76.4 Å². The molecule has 0 saturated heterocycles. The molecular formula is C24H26F5N3O3. The Balaban J connectivity index is 2.17. The van der Waals surface area contributed by atoms with Crippen LogP contribution in [0.5, 0.6) is 0 Å². The summed E-state index contributed by atoms with van der Waals surface area (Å²) >= 11 is 0. The molecule has 0 aliphatic heterocycles. The maximum atomic E-state index is 13.8. The number of nitrogens with one attached hydrogen (secondary N) is 1. The molecule has 1 heterocycles. The van der Waals surface area contributed by atoms with Gasteiger partial charge in [0.25, 0.3) is 0 Å².